The molecule has 0 saturated carbocycles. The predicted octanol–water partition coefficient (Wildman–Crippen LogP) is 4.38. The maximum atomic E-state index is 12.2. The van der Waals surface area contributed by atoms with Crippen LogP contribution < -0.4 is 15.2 Å². The van der Waals surface area contributed by atoms with Gasteiger partial charge in [-0.2, -0.15) is 0 Å². The predicted molar refractivity (Wildman–Crippen MR) is 130 cm³/mol. The number of aliphatic imine (C=N–C) groups is 1. The molecule has 0 radical (unpaired) electrons. The van der Waals surface area contributed by atoms with Crippen LogP contribution in [-0.2, 0) is 9.59 Å². The number of carbonyl (C=O) groups excluding carboxylic acids is 2. The Morgan fingerprint density at radius 1 is 1.03 bits per heavy atom. The lowest BCUT2D eigenvalue weighted by Crippen LogP contribution is -2.28. The minimum Gasteiger partial charge on any atom is -0.457 e. The van der Waals surface area contributed by atoms with Crippen LogP contribution >= 0.6 is 0 Å². The first-order chi connectivity index (χ1) is 16.5. The van der Waals surface area contributed by atoms with Gasteiger partial charge >= 0.3 is 0 Å². The number of para-hydroxylation sites is 1. The van der Waals surface area contributed by atoms with Crippen LogP contribution in [0, 0.1) is 5.92 Å². The van der Waals surface area contributed by atoms with Gasteiger partial charge in [-0.05, 0) is 67.8 Å². The molecule has 174 valence electrons. The lowest BCUT2D eigenvalue weighted by molar-refractivity contribution is -0.125. The van der Waals surface area contributed by atoms with Gasteiger partial charge in [0.2, 0.25) is 5.91 Å². The van der Waals surface area contributed by atoms with Crippen molar-refractivity contribution in [1.29, 1.82) is 0 Å². The Hall–Kier alpha value is -4.13. The van der Waals surface area contributed by atoms with Crippen LogP contribution in [0.15, 0.2) is 95.9 Å². The maximum absolute atomic E-state index is 12.2. The largest absolute Gasteiger partial charge is 0.457 e. The molecule has 1 saturated heterocycles. The molecule has 2 amide bonds. The first kappa shape index (κ1) is 23.0. The van der Waals surface area contributed by atoms with Crippen molar-refractivity contribution in [2.45, 2.75) is 19.3 Å². The second-order valence-electron chi connectivity index (χ2n) is 8.10. The van der Waals surface area contributed by atoms with E-state index in [-0.39, 0.29) is 17.4 Å². The summed E-state index contributed by atoms with van der Waals surface area (Å²) < 4.78 is 11.8. The molecule has 7 heteroatoms. The number of hydrogen-bond donors (Lipinski definition) is 1. The molecule has 1 fully saturated rings. The molecule has 7 nitrogen and oxygen atoms in total. The first-order valence-electron chi connectivity index (χ1n) is 11.2. The number of rotatable bonds is 7. The summed E-state index contributed by atoms with van der Waals surface area (Å²) in [6.07, 6.45) is 6.86. The van der Waals surface area contributed by atoms with Crippen molar-refractivity contribution in [2.24, 2.45) is 16.6 Å². The summed E-state index contributed by atoms with van der Waals surface area (Å²) in [5, 5.41) is 0. The minimum atomic E-state index is -0.616. The zero-order valence-corrected chi connectivity index (χ0v) is 18.9. The molecule has 2 aromatic rings. The summed E-state index contributed by atoms with van der Waals surface area (Å²) in [6.45, 7) is 4.84. The van der Waals surface area contributed by atoms with Crippen molar-refractivity contribution >= 4 is 17.5 Å². The molecule has 2 aliphatic rings. The Kier molecular flexibility index (Phi) is 7.22. The van der Waals surface area contributed by atoms with Gasteiger partial charge in [-0.15, -0.1) is 0 Å². The number of hydrogen-bond acceptors (Lipinski definition) is 5. The molecule has 0 aliphatic carbocycles. The second kappa shape index (κ2) is 10.7. The Bertz CT molecular complexity index is 1150. The van der Waals surface area contributed by atoms with E-state index in [9.17, 15) is 9.59 Å². The highest BCUT2D eigenvalue weighted by atomic mass is 16.5. The van der Waals surface area contributed by atoms with E-state index in [4.69, 9.17) is 15.2 Å². The van der Waals surface area contributed by atoms with Crippen LogP contribution in [0.2, 0.25) is 0 Å². The Morgan fingerprint density at radius 3 is 2.38 bits per heavy atom. The van der Waals surface area contributed by atoms with E-state index in [1.165, 1.54) is 12.3 Å². The zero-order chi connectivity index (χ0) is 23.9. The number of likely N-dealkylation sites (tertiary alicyclic amines) is 1. The smallest absolute Gasteiger partial charge is 0.254 e. The van der Waals surface area contributed by atoms with Gasteiger partial charge in [0.25, 0.3) is 5.91 Å². The van der Waals surface area contributed by atoms with Crippen molar-refractivity contribution in [1.82, 2.24) is 4.90 Å². The average molecular weight is 458 g/mol. The van der Waals surface area contributed by atoms with Gasteiger partial charge in [-0.1, -0.05) is 24.8 Å². The van der Waals surface area contributed by atoms with Gasteiger partial charge in [0.05, 0.1) is 5.57 Å². The van der Waals surface area contributed by atoms with Crippen LogP contribution in [0.4, 0.5) is 0 Å². The molecule has 0 spiro atoms. The number of benzene rings is 2. The van der Waals surface area contributed by atoms with Crippen LogP contribution in [0.3, 0.4) is 0 Å². The average Bonchev–Trinajstić information content (AvgIpc) is 3.32. The molecule has 2 aromatic carbocycles. The second-order valence-corrected chi connectivity index (χ2v) is 8.10. The molecule has 0 aromatic heterocycles. The van der Waals surface area contributed by atoms with Gasteiger partial charge in [0.15, 0.2) is 0 Å². The van der Waals surface area contributed by atoms with Crippen LogP contribution in [-0.4, -0.2) is 35.5 Å². The highest BCUT2D eigenvalue weighted by Crippen LogP contribution is 2.28. The van der Waals surface area contributed by atoms with Crippen LogP contribution in [0.5, 0.6) is 17.2 Å². The van der Waals surface area contributed by atoms with E-state index >= 15 is 0 Å². The molecule has 2 N–H and O–H groups in total. The molecule has 1 atom stereocenters. The van der Waals surface area contributed by atoms with Gasteiger partial charge in [-0.25, -0.2) is 0 Å². The highest BCUT2D eigenvalue weighted by Gasteiger charge is 2.28. The third-order valence-electron chi connectivity index (χ3n) is 5.80. The third-order valence-corrected chi connectivity index (χ3v) is 5.80. The van der Waals surface area contributed by atoms with Gasteiger partial charge in [0, 0.05) is 30.9 Å². The summed E-state index contributed by atoms with van der Waals surface area (Å²) in [5.74, 6) is 1.81. The molecule has 4 rings (SSSR count). The van der Waals surface area contributed by atoms with E-state index in [2.05, 4.69) is 11.6 Å². The maximum Gasteiger partial charge on any atom is 0.254 e. The fourth-order valence-electron chi connectivity index (χ4n) is 4.02. The lowest BCUT2D eigenvalue weighted by Gasteiger charge is -2.18. The molecule has 34 heavy (non-hydrogen) atoms. The third kappa shape index (κ3) is 5.61. The van der Waals surface area contributed by atoms with E-state index in [0.717, 1.165) is 17.9 Å². The van der Waals surface area contributed by atoms with Crippen molar-refractivity contribution < 1.29 is 19.1 Å². The van der Waals surface area contributed by atoms with Crippen LogP contribution in [0.25, 0.3) is 0 Å². The monoisotopic (exact) mass is 457 g/mol. The standard InChI is InChI=1S/C27H27N3O4/c1-2-26(31)30-16-15-19(18-30)24-9-6-10-25(23(17-29-24)27(28)32)34-22-13-11-21(12-14-22)33-20-7-4-3-5-8-20/h2-5,7-8,10-14,17,19H,1,6,9,15-16,18H2,(H2,28,32)/b23-17+,25-10+,29-24?. The summed E-state index contributed by atoms with van der Waals surface area (Å²) >= 11 is 0. The minimum absolute atomic E-state index is 0.0712. The summed E-state index contributed by atoms with van der Waals surface area (Å²) in [5.41, 5.74) is 6.80. The Balaban J connectivity index is 1.46. The molecule has 1 unspecified atom stereocenters. The molecule has 0 bridgehead atoms. The van der Waals surface area contributed by atoms with Gasteiger partial charge in [-0.3, -0.25) is 14.6 Å². The number of nitrogens with zero attached hydrogens (tertiary/aromatic N) is 2. The normalized spacial score (nSPS) is 21.1. The first-order valence-corrected chi connectivity index (χ1v) is 11.2. The SMILES string of the molecule is C=CC(=O)N1CCC(C2=N/C=C(C(N)=O)\C(Oc3ccc(Oc4ccccc4)cc3)=C/CC2)C1. The van der Waals surface area contributed by atoms with E-state index < -0.39 is 5.91 Å². The van der Waals surface area contributed by atoms with Gasteiger partial charge < -0.3 is 20.1 Å². The summed E-state index contributed by atoms with van der Waals surface area (Å²) in [7, 11) is 0. The summed E-state index contributed by atoms with van der Waals surface area (Å²) in [4.78, 5) is 30.4. The lowest BCUT2D eigenvalue weighted by atomic mass is 9.97. The number of allylic oxidation sites excluding steroid dienone is 1. The topological polar surface area (TPSA) is 94.2 Å². The molecule has 2 aliphatic heterocycles. The Labute approximate surface area is 198 Å². The van der Waals surface area contributed by atoms with Crippen molar-refractivity contribution in [2.75, 3.05) is 13.1 Å². The van der Waals surface area contributed by atoms with Crippen LogP contribution in [0.1, 0.15) is 19.3 Å². The zero-order valence-electron chi connectivity index (χ0n) is 18.9. The molecular weight excluding hydrogens is 430 g/mol. The fourth-order valence-corrected chi connectivity index (χ4v) is 4.02. The van der Waals surface area contributed by atoms with Crippen molar-refractivity contribution in [3.8, 4) is 17.2 Å². The van der Waals surface area contributed by atoms with Crippen molar-refractivity contribution in [3.63, 3.8) is 0 Å². The number of carbonyl (C=O) groups is 2. The number of primary amides is 1. The van der Waals surface area contributed by atoms with E-state index in [1.807, 2.05) is 36.4 Å². The van der Waals surface area contributed by atoms with E-state index in [1.54, 1.807) is 29.2 Å². The Morgan fingerprint density at radius 2 is 1.71 bits per heavy atom. The number of ether oxygens (including phenoxy) is 2. The summed E-state index contributed by atoms with van der Waals surface area (Å²) in [6, 6.07) is 16.6. The molecule has 2 heterocycles. The van der Waals surface area contributed by atoms with E-state index in [0.29, 0.717) is 43.2 Å². The number of nitrogens with two attached hydrogens (primary N) is 1. The highest BCUT2D eigenvalue weighted by molar-refractivity contribution is 5.97. The number of amides is 2. The fraction of sp³-hybridized carbons (Fsp3) is 0.222. The van der Waals surface area contributed by atoms with Gasteiger partial charge in [0.1, 0.15) is 23.0 Å². The quantitative estimate of drug-likeness (QED) is 0.625. The van der Waals surface area contributed by atoms with Crippen molar-refractivity contribution in [3.05, 3.63) is 90.9 Å². The molecular formula is C27H27N3O4.